The number of hydrogen-bond acceptors (Lipinski definition) is 1. The van der Waals surface area contributed by atoms with Crippen LogP contribution in [-0.4, -0.2) is 0 Å². The number of aryl methyl sites for hydroxylation is 2. The fraction of sp³-hybridized carbons (Fsp3) is 0.231. The van der Waals surface area contributed by atoms with Crippen molar-refractivity contribution in [1.29, 1.82) is 0 Å². The topological polar surface area (TPSA) is 0 Å². The Bertz CT molecular complexity index is 483. The van der Waals surface area contributed by atoms with Gasteiger partial charge in [-0.1, -0.05) is 45.8 Å². The average molecular weight is 360 g/mol. The zero-order valence-electron chi connectivity index (χ0n) is 9.13. The summed E-state index contributed by atoms with van der Waals surface area (Å²) in [5.41, 5.74) is 3.92. The number of alkyl halides is 1. The van der Waals surface area contributed by atoms with Crippen molar-refractivity contribution in [3.05, 3.63) is 55.7 Å². The molecule has 2 aromatic rings. The van der Waals surface area contributed by atoms with E-state index in [1.54, 1.807) is 11.3 Å². The lowest BCUT2D eigenvalue weighted by Gasteiger charge is -2.08. The van der Waals surface area contributed by atoms with E-state index in [-0.39, 0.29) is 0 Å². The summed E-state index contributed by atoms with van der Waals surface area (Å²) in [6.45, 7) is 4.25. The molecule has 0 aliphatic rings. The minimum atomic E-state index is 0.294. The van der Waals surface area contributed by atoms with Crippen LogP contribution in [0.3, 0.4) is 0 Å². The van der Waals surface area contributed by atoms with Gasteiger partial charge in [-0.15, -0.1) is 11.3 Å². The molecule has 1 aromatic carbocycles. The molecule has 0 saturated carbocycles. The van der Waals surface area contributed by atoms with Crippen molar-refractivity contribution in [3.63, 3.8) is 0 Å². The van der Waals surface area contributed by atoms with Crippen LogP contribution in [0.2, 0.25) is 0 Å². The molecule has 1 heterocycles. The SMILES string of the molecule is Cc1cccc(C(Br)c2cc(C)c(Br)s2)c1. The summed E-state index contributed by atoms with van der Waals surface area (Å²) in [5.74, 6) is 0. The number of benzene rings is 1. The van der Waals surface area contributed by atoms with Crippen LogP contribution in [-0.2, 0) is 0 Å². The minimum absolute atomic E-state index is 0.294. The van der Waals surface area contributed by atoms with E-state index in [2.05, 4.69) is 76.0 Å². The molecule has 0 spiro atoms. The van der Waals surface area contributed by atoms with Crippen molar-refractivity contribution >= 4 is 43.2 Å². The van der Waals surface area contributed by atoms with E-state index in [1.165, 1.54) is 25.4 Å². The summed E-state index contributed by atoms with van der Waals surface area (Å²) in [6.07, 6.45) is 0. The lowest BCUT2D eigenvalue weighted by Crippen LogP contribution is -1.89. The highest BCUT2D eigenvalue weighted by molar-refractivity contribution is 9.11. The molecule has 2 rings (SSSR count). The molecule has 0 nitrogen and oxygen atoms in total. The maximum atomic E-state index is 3.77. The molecule has 16 heavy (non-hydrogen) atoms. The van der Waals surface area contributed by atoms with Crippen LogP contribution in [0.4, 0.5) is 0 Å². The number of hydrogen-bond donors (Lipinski definition) is 0. The standard InChI is InChI=1S/C13H12Br2S/c1-8-4-3-5-10(6-8)12(14)11-7-9(2)13(15)16-11/h3-7,12H,1-2H3. The summed E-state index contributed by atoms with van der Waals surface area (Å²) < 4.78 is 1.22. The highest BCUT2D eigenvalue weighted by atomic mass is 79.9. The first kappa shape index (κ1) is 12.3. The second-order valence-electron chi connectivity index (χ2n) is 3.88. The van der Waals surface area contributed by atoms with E-state index in [0.717, 1.165) is 0 Å². The third-order valence-corrected chi connectivity index (χ3v) is 5.99. The number of thiophene rings is 1. The average Bonchev–Trinajstić information content (AvgIpc) is 2.58. The first-order valence-electron chi connectivity index (χ1n) is 5.04. The highest BCUT2D eigenvalue weighted by Crippen LogP contribution is 2.39. The number of rotatable bonds is 2. The molecule has 0 N–H and O–H groups in total. The Kier molecular flexibility index (Phi) is 3.88. The third-order valence-electron chi connectivity index (χ3n) is 2.46. The van der Waals surface area contributed by atoms with E-state index in [4.69, 9.17) is 0 Å². The summed E-state index contributed by atoms with van der Waals surface area (Å²) >= 11 is 9.13. The molecule has 84 valence electrons. The fourth-order valence-corrected chi connectivity index (χ4v) is 3.88. The van der Waals surface area contributed by atoms with Crippen LogP contribution >= 0.6 is 43.2 Å². The molecule has 1 aromatic heterocycles. The Hall–Kier alpha value is -0.120. The summed E-state index contributed by atoms with van der Waals surface area (Å²) in [5, 5.41) is 0. The maximum Gasteiger partial charge on any atom is 0.0738 e. The molecule has 0 fully saturated rings. The van der Waals surface area contributed by atoms with Crippen LogP contribution in [0.15, 0.2) is 34.1 Å². The highest BCUT2D eigenvalue weighted by Gasteiger charge is 2.14. The molecule has 0 radical (unpaired) electrons. The van der Waals surface area contributed by atoms with Crippen molar-refractivity contribution in [2.24, 2.45) is 0 Å². The van der Waals surface area contributed by atoms with E-state index in [9.17, 15) is 0 Å². The van der Waals surface area contributed by atoms with Gasteiger partial charge in [-0.3, -0.25) is 0 Å². The summed E-state index contributed by atoms with van der Waals surface area (Å²) in [4.78, 5) is 1.64. The number of halogens is 2. The van der Waals surface area contributed by atoms with Crippen molar-refractivity contribution in [1.82, 2.24) is 0 Å². The van der Waals surface area contributed by atoms with Gasteiger partial charge in [0.05, 0.1) is 8.61 Å². The monoisotopic (exact) mass is 358 g/mol. The molecular weight excluding hydrogens is 348 g/mol. The molecule has 0 bridgehead atoms. The van der Waals surface area contributed by atoms with Crippen LogP contribution in [0.1, 0.15) is 26.4 Å². The predicted molar refractivity (Wildman–Crippen MR) is 78.7 cm³/mol. The van der Waals surface area contributed by atoms with Gasteiger partial charge in [0.15, 0.2) is 0 Å². The second kappa shape index (κ2) is 5.03. The summed E-state index contributed by atoms with van der Waals surface area (Å²) in [6, 6.07) is 10.8. The lowest BCUT2D eigenvalue weighted by atomic mass is 10.1. The van der Waals surface area contributed by atoms with Crippen LogP contribution in [0.25, 0.3) is 0 Å². The molecule has 1 atom stereocenters. The van der Waals surface area contributed by atoms with Gasteiger partial charge in [0.1, 0.15) is 0 Å². The Balaban J connectivity index is 2.35. The normalized spacial score (nSPS) is 12.8. The van der Waals surface area contributed by atoms with E-state index in [0.29, 0.717) is 4.83 Å². The summed E-state index contributed by atoms with van der Waals surface area (Å²) in [7, 11) is 0. The first-order valence-corrected chi connectivity index (χ1v) is 7.57. The lowest BCUT2D eigenvalue weighted by molar-refractivity contribution is 1.20. The Morgan fingerprint density at radius 1 is 1.19 bits per heavy atom. The van der Waals surface area contributed by atoms with Gasteiger partial charge in [-0.2, -0.15) is 0 Å². The van der Waals surface area contributed by atoms with Gasteiger partial charge in [0.2, 0.25) is 0 Å². The molecular formula is C13H12Br2S. The second-order valence-corrected chi connectivity index (χ2v) is 7.20. The Labute approximate surface area is 117 Å². The van der Waals surface area contributed by atoms with Gasteiger partial charge in [0.25, 0.3) is 0 Å². The van der Waals surface area contributed by atoms with Crippen molar-refractivity contribution in [3.8, 4) is 0 Å². The van der Waals surface area contributed by atoms with Gasteiger partial charge < -0.3 is 0 Å². The maximum absolute atomic E-state index is 3.77. The minimum Gasteiger partial charge on any atom is -0.131 e. The molecule has 0 saturated heterocycles. The van der Waals surface area contributed by atoms with Crippen LogP contribution in [0, 0.1) is 13.8 Å². The van der Waals surface area contributed by atoms with Crippen LogP contribution < -0.4 is 0 Å². The van der Waals surface area contributed by atoms with Crippen molar-refractivity contribution in [2.75, 3.05) is 0 Å². The molecule has 1 unspecified atom stereocenters. The largest absolute Gasteiger partial charge is 0.131 e. The molecule has 3 heteroatoms. The smallest absolute Gasteiger partial charge is 0.0738 e. The first-order chi connectivity index (χ1) is 7.58. The van der Waals surface area contributed by atoms with Gasteiger partial charge in [-0.05, 0) is 47.0 Å². The molecule has 0 aliphatic heterocycles. The quantitative estimate of drug-likeness (QED) is 0.611. The van der Waals surface area contributed by atoms with Gasteiger partial charge in [-0.25, -0.2) is 0 Å². The van der Waals surface area contributed by atoms with E-state index >= 15 is 0 Å². The fourth-order valence-electron chi connectivity index (χ4n) is 1.60. The zero-order chi connectivity index (χ0) is 11.7. The molecule has 0 aliphatic carbocycles. The predicted octanol–water partition coefficient (Wildman–Crippen LogP) is 5.61. The van der Waals surface area contributed by atoms with Crippen LogP contribution in [0.5, 0.6) is 0 Å². The zero-order valence-corrected chi connectivity index (χ0v) is 13.1. The van der Waals surface area contributed by atoms with Crippen molar-refractivity contribution in [2.45, 2.75) is 18.7 Å². The van der Waals surface area contributed by atoms with Crippen molar-refractivity contribution < 1.29 is 0 Å². The van der Waals surface area contributed by atoms with Gasteiger partial charge in [0, 0.05) is 4.88 Å². The molecule has 0 amide bonds. The third kappa shape index (κ3) is 2.58. The van der Waals surface area contributed by atoms with Gasteiger partial charge >= 0.3 is 0 Å². The van der Waals surface area contributed by atoms with E-state index in [1.807, 2.05) is 0 Å². The Morgan fingerprint density at radius 2 is 1.94 bits per heavy atom. The Morgan fingerprint density at radius 3 is 2.50 bits per heavy atom. The van der Waals surface area contributed by atoms with E-state index < -0.39 is 0 Å².